The molecule has 0 unspecified atom stereocenters. The van der Waals surface area contributed by atoms with E-state index in [2.05, 4.69) is 15.6 Å². The van der Waals surface area contributed by atoms with E-state index >= 15 is 0 Å². The van der Waals surface area contributed by atoms with Gasteiger partial charge in [-0.25, -0.2) is 8.42 Å². The Morgan fingerprint density at radius 2 is 1.93 bits per heavy atom. The Kier molecular flexibility index (Phi) is 7.80. The molecule has 0 aliphatic heterocycles. The van der Waals surface area contributed by atoms with Gasteiger partial charge in [0, 0.05) is 45.2 Å². The number of hydrogen-bond acceptors (Lipinski definition) is 4. The number of aryl methyl sites for hydroxylation is 2. The summed E-state index contributed by atoms with van der Waals surface area (Å²) in [5.41, 5.74) is 1.74. The van der Waals surface area contributed by atoms with E-state index < -0.39 is 9.84 Å². The van der Waals surface area contributed by atoms with Crippen LogP contribution in [0.15, 0.2) is 57.3 Å². The zero-order chi connectivity index (χ0) is 20.6. The highest BCUT2D eigenvalue weighted by atomic mass is 32.2. The van der Waals surface area contributed by atoms with Crippen molar-refractivity contribution in [3.63, 3.8) is 0 Å². The van der Waals surface area contributed by atoms with Gasteiger partial charge in [0.05, 0.1) is 4.90 Å². The van der Waals surface area contributed by atoms with Crippen LogP contribution in [0.1, 0.15) is 24.0 Å². The van der Waals surface area contributed by atoms with Crippen molar-refractivity contribution < 1.29 is 8.42 Å². The first-order chi connectivity index (χ1) is 13.3. The summed E-state index contributed by atoms with van der Waals surface area (Å²) in [5.74, 6) is 0.682. The van der Waals surface area contributed by atoms with Gasteiger partial charge in [-0.1, -0.05) is 18.2 Å². The van der Waals surface area contributed by atoms with Gasteiger partial charge in [0.1, 0.15) is 0 Å². The lowest BCUT2D eigenvalue weighted by Gasteiger charge is -2.13. The molecule has 0 aliphatic carbocycles. The van der Waals surface area contributed by atoms with Crippen molar-refractivity contribution in [3.05, 3.63) is 64.1 Å². The third-order valence-corrected chi connectivity index (χ3v) is 5.60. The van der Waals surface area contributed by atoms with Crippen molar-refractivity contribution >= 4 is 15.8 Å². The summed E-state index contributed by atoms with van der Waals surface area (Å²) >= 11 is 0. The second kappa shape index (κ2) is 10.1. The zero-order valence-electron chi connectivity index (χ0n) is 16.6. The molecule has 2 aromatic rings. The van der Waals surface area contributed by atoms with Crippen molar-refractivity contribution in [1.82, 2.24) is 15.2 Å². The van der Waals surface area contributed by atoms with Gasteiger partial charge < -0.3 is 15.2 Å². The van der Waals surface area contributed by atoms with Crippen molar-refractivity contribution in [2.75, 3.05) is 19.8 Å². The van der Waals surface area contributed by atoms with Crippen LogP contribution in [-0.2, 0) is 22.9 Å². The number of aromatic nitrogens is 1. The molecule has 0 radical (unpaired) electrons. The summed E-state index contributed by atoms with van der Waals surface area (Å²) in [7, 11) is -1.50. The topological polar surface area (TPSA) is 92.6 Å². The van der Waals surface area contributed by atoms with Crippen LogP contribution in [0.5, 0.6) is 0 Å². The second-order valence-electron chi connectivity index (χ2n) is 6.66. The molecular weight excluding hydrogens is 376 g/mol. The number of nitrogens with one attached hydrogen (secondary N) is 2. The maximum atomic E-state index is 11.7. The maximum absolute atomic E-state index is 11.7. The fourth-order valence-corrected chi connectivity index (χ4v) is 3.86. The predicted molar refractivity (Wildman–Crippen MR) is 112 cm³/mol. The number of hydrogen-bond donors (Lipinski definition) is 2. The molecule has 1 heterocycles. The molecule has 0 amide bonds. The number of rotatable bonds is 8. The van der Waals surface area contributed by atoms with Crippen LogP contribution in [0, 0.1) is 6.92 Å². The SMILES string of the molecule is CN=C(NCCCCn1ccccc1=O)NCc1ccc(S(C)(=O)=O)c(C)c1. The highest BCUT2D eigenvalue weighted by Crippen LogP contribution is 2.16. The first-order valence-electron chi connectivity index (χ1n) is 9.21. The summed E-state index contributed by atoms with van der Waals surface area (Å²) in [5, 5.41) is 6.47. The van der Waals surface area contributed by atoms with Crippen molar-refractivity contribution in [2.24, 2.45) is 4.99 Å². The van der Waals surface area contributed by atoms with E-state index in [1.54, 1.807) is 49.0 Å². The summed E-state index contributed by atoms with van der Waals surface area (Å²) < 4.78 is 25.1. The Morgan fingerprint density at radius 1 is 1.14 bits per heavy atom. The Morgan fingerprint density at radius 3 is 2.57 bits per heavy atom. The molecule has 28 heavy (non-hydrogen) atoms. The molecule has 2 rings (SSSR count). The van der Waals surface area contributed by atoms with E-state index in [1.807, 2.05) is 12.1 Å². The monoisotopic (exact) mass is 404 g/mol. The van der Waals surface area contributed by atoms with Gasteiger partial charge in [-0.05, 0) is 43.0 Å². The van der Waals surface area contributed by atoms with Gasteiger partial charge in [-0.3, -0.25) is 9.79 Å². The van der Waals surface area contributed by atoms with Crippen molar-refractivity contribution in [2.45, 2.75) is 37.8 Å². The van der Waals surface area contributed by atoms with E-state index in [4.69, 9.17) is 0 Å². The van der Waals surface area contributed by atoms with Crippen LogP contribution >= 0.6 is 0 Å². The Balaban J connectivity index is 1.76. The van der Waals surface area contributed by atoms with Crippen LogP contribution in [0.2, 0.25) is 0 Å². The second-order valence-corrected chi connectivity index (χ2v) is 8.65. The molecule has 0 bridgehead atoms. The molecule has 152 valence electrons. The van der Waals surface area contributed by atoms with E-state index in [-0.39, 0.29) is 5.56 Å². The first-order valence-corrected chi connectivity index (χ1v) is 11.1. The Labute approximate surface area is 166 Å². The number of aliphatic imine (C=N–C) groups is 1. The van der Waals surface area contributed by atoms with Gasteiger partial charge in [-0.2, -0.15) is 0 Å². The van der Waals surface area contributed by atoms with Crippen molar-refractivity contribution in [1.29, 1.82) is 0 Å². The molecule has 0 fully saturated rings. The standard InChI is InChI=1S/C20H28N4O3S/c1-16-14-17(9-10-18(16)28(3,26)27)15-23-20(21-2)22-11-5-7-13-24-12-6-4-8-19(24)25/h4,6,8-10,12,14H,5,7,11,13,15H2,1-3H3,(H2,21,22,23). The molecule has 8 heteroatoms. The molecule has 1 aromatic heterocycles. The molecule has 1 aromatic carbocycles. The lowest BCUT2D eigenvalue weighted by atomic mass is 10.1. The summed E-state index contributed by atoms with van der Waals surface area (Å²) in [4.78, 5) is 16.2. The maximum Gasteiger partial charge on any atom is 0.250 e. The fourth-order valence-electron chi connectivity index (χ4n) is 2.90. The van der Waals surface area contributed by atoms with E-state index in [0.29, 0.717) is 23.9 Å². The highest BCUT2D eigenvalue weighted by Gasteiger charge is 2.10. The number of sulfone groups is 1. The number of unbranched alkanes of at least 4 members (excludes halogenated alkanes) is 1. The molecule has 0 saturated carbocycles. The number of nitrogens with zero attached hydrogens (tertiary/aromatic N) is 2. The lowest BCUT2D eigenvalue weighted by molar-refractivity contribution is 0.585. The largest absolute Gasteiger partial charge is 0.356 e. The minimum absolute atomic E-state index is 0.0186. The number of pyridine rings is 1. The van der Waals surface area contributed by atoms with Gasteiger partial charge in [-0.15, -0.1) is 0 Å². The summed E-state index contributed by atoms with van der Waals surface area (Å²) in [6, 6.07) is 10.5. The summed E-state index contributed by atoms with van der Waals surface area (Å²) in [6.07, 6.45) is 4.81. The minimum Gasteiger partial charge on any atom is -0.356 e. The van der Waals surface area contributed by atoms with Gasteiger partial charge in [0.15, 0.2) is 15.8 Å². The van der Waals surface area contributed by atoms with Gasteiger partial charge >= 0.3 is 0 Å². The first kappa shape index (κ1) is 21.7. The highest BCUT2D eigenvalue weighted by molar-refractivity contribution is 7.90. The van der Waals surface area contributed by atoms with Crippen molar-refractivity contribution in [3.8, 4) is 0 Å². The molecule has 0 saturated heterocycles. The molecular formula is C20H28N4O3S. The minimum atomic E-state index is -3.20. The van der Waals surface area contributed by atoms with E-state index in [9.17, 15) is 13.2 Å². The third-order valence-electron chi connectivity index (χ3n) is 4.34. The van der Waals surface area contributed by atoms with Gasteiger partial charge in [0.2, 0.25) is 5.56 Å². The van der Waals surface area contributed by atoms with Crippen LogP contribution in [0.25, 0.3) is 0 Å². The molecule has 7 nitrogen and oxygen atoms in total. The number of guanidine groups is 1. The predicted octanol–water partition coefficient (Wildman–Crippen LogP) is 1.71. The van der Waals surface area contributed by atoms with Gasteiger partial charge in [0.25, 0.3) is 0 Å². The van der Waals surface area contributed by atoms with Crippen LogP contribution in [0.4, 0.5) is 0 Å². The quantitative estimate of drug-likeness (QED) is 0.397. The Bertz CT molecular complexity index is 981. The Hall–Kier alpha value is -2.61. The number of benzene rings is 1. The van der Waals surface area contributed by atoms with Crippen LogP contribution < -0.4 is 16.2 Å². The molecule has 0 aliphatic rings. The normalized spacial score (nSPS) is 12.0. The van der Waals surface area contributed by atoms with E-state index in [0.717, 1.165) is 30.5 Å². The zero-order valence-corrected chi connectivity index (χ0v) is 17.4. The smallest absolute Gasteiger partial charge is 0.250 e. The molecule has 0 spiro atoms. The van der Waals surface area contributed by atoms with E-state index in [1.165, 1.54) is 6.26 Å². The fraction of sp³-hybridized carbons (Fsp3) is 0.400. The molecule has 2 N–H and O–H groups in total. The molecule has 0 atom stereocenters. The summed E-state index contributed by atoms with van der Waals surface area (Å²) in [6.45, 7) is 3.78. The average Bonchev–Trinajstić information content (AvgIpc) is 2.64. The average molecular weight is 405 g/mol. The third kappa shape index (κ3) is 6.53. The lowest BCUT2D eigenvalue weighted by Crippen LogP contribution is -2.37. The van der Waals surface area contributed by atoms with Crippen LogP contribution in [0.3, 0.4) is 0 Å². The van der Waals surface area contributed by atoms with Crippen LogP contribution in [-0.4, -0.2) is 38.8 Å².